The van der Waals surface area contributed by atoms with Gasteiger partial charge in [0.2, 0.25) is 0 Å². The monoisotopic (exact) mass is 464 g/mol. The maximum absolute atomic E-state index is 12.6. The van der Waals surface area contributed by atoms with Gasteiger partial charge in [-0.25, -0.2) is 4.79 Å². The van der Waals surface area contributed by atoms with Gasteiger partial charge < -0.3 is 19.3 Å². The Kier molecular flexibility index (Phi) is 6.12. The molecule has 1 atom stereocenters. The molecule has 3 aliphatic heterocycles. The zero-order chi connectivity index (χ0) is 20.6. The molecular weight excluding hydrogens is 432 g/mol. The standard InChI is InChI=1S/C23H33BrN2O3/c1-23(2,3)29-22(27)25-11-8-16-14-17-6-4-10-26(15-18-7-5-13-28-18)21(17)20(24)19(16)9-12-25/h14,18H,4-13,15H2,1-3H3/t18-/m1/s1. The molecule has 0 bridgehead atoms. The summed E-state index contributed by atoms with van der Waals surface area (Å²) in [4.78, 5) is 17.0. The van der Waals surface area contributed by atoms with Crippen molar-refractivity contribution in [3.63, 3.8) is 0 Å². The molecule has 0 spiro atoms. The lowest BCUT2D eigenvalue weighted by atomic mass is 9.93. The molecular formula is C23H33BrN2O3. The fourth-order valence-corrected chi connectivity index (χ4v) is 5.69. The van der Waals surface area contributed by atoms with E-state index >= 15 is 0 Å². The molecule has 0 aliphatic carbocycles. The van der Waals surface area contributed by atoms with Crippen molar-refractivity contribution in [1.82, 2.24) is 4.90 Å². The first kappa shape index (κ1) is 21.0. The summed E-state index contributed by atoms with van der Waals surface area (Å²) in [6, 6.07) is 2.40. The number of rotatable bonds is 2. The Labute approximate surface area is 182 Å². The Bertz CT molecular complexity index is 768. The second-order valence-electron chi connectivity index (χ2n) is 9.49. The Balaban J connectivity index is 1.55. The van der Waals surface area contributed by atoms with Crippen molar-refractivity contribution in [2.45, 2.75) is 71.0 Å². The Morgan fingerprint density at radius 3 is 2.69 bits per heavy atom. The van der Waals surface area contributed by atoms with Gasteiger partial charge in [0.1, 0.15) is 5.60 Å². The SMILES string of the molecule is CC(C)(C)OC(=O)N1CCc2cc3c(c(Br)c2CC1)N(C[C@H]1CCCO1)CCC3. The van der Waals surface area contributed by atoms with E-state index in [2.05, 4.69) is 26.9 Å². The third-order valence-electron chi connectivity index (χ3n) is 6.09. The number of amides is 1. The van der Waals surface area contributed by atoms with Crippen LogP contribution in [-0.4, -0.2) is 55.5 Å². The van der Waals surface area contributed by atoms with Crippen LogP contribution in [0, 0.1) is 0 Å². The third-order valence-corrected chi connectivity index (χ3v) is 6.94. The first-order valence-electron chi connectivity index (χ1n) is 11.0. The van der Waals surface area contributed by atoms with Crippen LogP contribution in [0.3, 0.4) is 0 Å². The summed E-state index contributed by atoms with van der Waals surface area (Å²) < 4.78 is 12.7. The fourth-order valence-electron chi connectivity index (χ4n) is 4.73. The molecule has 6 heteroatoms. The highest BCUT2D eigenvalue weighted by atomic mass is 79.9. The third kappa shape index (κ3) is 4.74. The number of benzene rings is 1. The molecule has 4 rings (SSSR count). The molecule has 1 fully saturated rings. The largest absolute Gasteiger partial charge is 0.444 e. The topological polar surface area (TPSA) is 42.0 Å². The van der Waals surface area contributed by atoms with Gasteiger partial charge in [-0.15, -0.1) is 0 Å². The maximum Gasteiger partial charge on any atom is 0.410 e. The van der Waals surface area contributed by atoms with Crippen molar-refractivity contribution in [3.05, 3.63) is 27.2 Å². The fraction of sp³-hybridized carbons (Fsp3) is 0.696. The van der Waals surface area contributed by atoms with Gasteiger partial charge in [-0.3, -0.25) is 0 Å². The van der Waals surface area contributed by atoms with E-state index in [1.807, 2.05) is 25.7 Å². The highest BCUT2D eigenvalue weighted by molar-refractivity contribution is 9.10. The van der Waals surface area contributed by atoms with Crippen LogP contribution in [0.4, 0.5) is 10.5 Å². The molecule has 0 saturated carbocycles. The molecule has 160 valence electrons. The van der Waals surface area contributed by atoms with Crippen molar-refractivity contribution < 1.29 is 14.3 Å². The summed E-state index contributed by atoms with van der Waals surface area (Å²) in [6.45, 7) is 10.2. The minimum Gasteiger partial charge on any atom is -0.444 e. The van der Waals surface area contributed by atoms with Crippen LogP contribution in [0.25, 0.3) is 0 Å². The van der Waals surface area contributed by atoms with Crippen LogP contribution >= 0.6 is 15.9 Å². The molecule has 1 aromatic carbocycles. The summed E-state index contributed by atoms with van der Waals surface area (Å²) in [7, 11) is 0. The molecule has 0 aromatic heterocycles. The molecule has 1 aromatic rings. The molecule has 1 amide bonds. The van der Waals surface area contributed by atoms with E-state index in [4.69, 9.17) is 9.47 Å². The number of hydrogen-bond acceptors (Lipinski definition) is 4. The van der Waals surface area contributed by atoms with Crippen LogP contribution in [0.15, 0.2) is 10.5 Å². The number of anilines is 1. The van der Waals surface area contributed by atoms with Crippen molar-refractivity contribution in [2.75, 3.05) is 37.7 Å². The number of ether oxygens (including phenoxy) is 2. The Morgan fingerprint density at radius 2 is 1.97 bits per heavy atom. The van der Waals surface area contributed by atoms with E-state index < -0.39 is 5.60 Å². The maximum atomic E-state index is 12.6. The first-order chi connectivity index (χ1) is 13.8. The van der Waals surface area contributed by atoms with E-state index in [0.717, 1.165) is 39.0 Å². The van der Waals surface area contributed by atoms with Crippen molar-refractivity contribution in [1.29, 1.82) is 0 Å². The zero-order valence-electron chi connectivity index (χ0n) is 17.9. The van der Waals surface area contributed by atoms with Crippen molar-refractivity contribution in [3.8, 4) is 0 Å². The lowest BCUT2D eigenvalue weighted by Crippen LogP contribution is -2.38. The van der Waals surface area contributed by atoms with E-state index in [1.54, 1.807) is 0 Å². The Hall–Kier alpha value is -1.27. The molecule has 5 nitrogen and oxygen atoms in total. The highest BCUT2D eigenvalue weighted by Crippen LogP contribution is 2.40. The van der Waals surface area contributed by atoms with Gasteiger partial charge in [0, 0.05) is 37.3 Å². The van der Waals surface area contributed by atoms with Crippen LogP contribution in [-0.2, 0) is 28.7 Å². The number of halogens is 1. The van der Waals surface area contributed by atoms with E-state index in [9.17, 15) is 4.79 Å². The average Bonchev–Trinajstić information content (AvgIpc) is 3.05. The van der Waals surface area contributed by atoms with Gasteiger partial charge in [-0.1, -0.05) is 6.07 Å². The van der Waals surface area contributed by atoms with Crippen LogP contribution < -0.4 is 4.90 Å². The molecule has 0 N–H and O–H groups in total. The minimum atomic E-state index is -0.460. The highest BCUT2D eigenvalue weighted by Gasteiger charge is 2.30. The molecule has 0 unspecified atom stereocenters. The minimum absolute atomic E-state index is 0.203. The lowest BCUT2D eigenvalue weighted by Gasteiger charge is -2.35. The van der Waals surface area contributed by atoms with Gasteiger partial charge in [0.05, 0.1) is 11.8 Å². The van der Waals surface area contributed by atoms with E-state index in [-0.39, 0.29) is 6.09 Å². The number of hydrogen-bond donors (Lipinski definition) is 0. The number of carbonyl (C=O) groups excluding carboxylic acids is 1. The number of carbonyl (C=O) groups is 1. The van der Waals surface area contributed by atoms with Crippen LogP contribution in [0.1, 0.15) is 56.7 Å². The predicted octanol–water partition coefficient (Wildman–Crippen LogP) is 4.72. The van der Waals surface area contributed by atoms with Gasteiger partial charge in [-0.2, -0.15) is 0 Å². The van der Waals surface area contributed by atoms with Gasteiger partial charge >= 0.3 is 6.09 Å². The Morgan fingerprint density at radius 1 is 1.17 bits per heavy atom. The van der Waals surface area contributed by atoms with Gasteiger partial charge in [0.15, 0.2) is 0 Å². The normalized spacial score (nSPS) is 22.1. The van der Waals surface area contributed by atoms with Gasteiger partial charge in [0.25, 0.3) is 0 Å². The van der Waals surface area contributed by atoms with Crippen molar-refractivity contribution in [2.24, 2.45) is 0 Å². The van der Waals surface area contributed by atoms with Crippen molar-refractivity contribution >= 4 is 27.7 Å². The van der Waals surface area contributed by atoms with Crippen LogP contribution in [0.2, 0.25) is 0 Å². The number of fused-ring (bicyclic) bond motifs is 2. The predicted molar refractivity (Wildman–Crippen MR) is 119 cm³/mol. The molecule has 29 heavy (non-hydrogen) atoms. The summed E-state index contributed by atoms with van der Waals surface area (Å²) in [5.41, 5.74) is 5.06. The molecule has 3 aliphatic rings. The summed E-state index contributed by atoms with van der Waals surface area (Å²) in [5.74, 6) is 0. The summed E-state index contributed by atoms with van der Waals surface area (Å²) in [5, 5.41) is 0. The van der Waals surface area contributed by atoms with Crippen LogP contribution in [0.5, 0.6) is 0 Å². The molecule has 0 radical (unpaired) electrons. The smallest absolute Gasteiger partial charge is 0.410 e. The van der Waals surface area contributed by atoms with E-state index in [0.29, 0.717) is 19.2 Å². The summed E-state index contributed by atoms with van der Waals surface area (Å²) in [6.07, 6.45) is 6.55. The second-order valence-corrected chi connectivity index (χ2v) is 10.3. The molecule has 1 saturated heterocycles. The molecule has 3 heterocycles. The number of nitrogens with zero attached hydrogens (tertiary/aromatic N) is 2. The quantitative estimate of drug-likeness (QED) is 0.634. The lowest BCUT2D eigenvalue weighted by molar-refractivity contribution is 0.0258. The average molecular weight is 465 g/mol. The number of aryl methyl sites for hydroxylation is 1. The second kappa shape index (κ2) is 8.46. The zero-order valence-corrected chi connectivity index (χ0v) is 19.5. The first-order valence-corrected chi connectivity index (χ1v) is 11.8. The summed E-state index contributed by atoms with van der Waals surface area (Å²) >= 11 is 3.97. The van der Waals surface area contributed by atoms with Gasteiger partial charge in [-0.05, 0) is 91.9 Å². The van der Waals surface area contributed by atoms with E-state index in [1.165, 1.54) is 46.1 Å².